The minimum absolute atomic E-state index is 0.0101. The van der Waals surface area contributed by atoms with Crippen LogP contribution < -0.4 is 5.32 Å². The van der Waals surface area contributed by atoms with Gasteiger partial charge in [0.25, 0.3) is 0 Å². The number of nitrogens with one attached hydrogen (secondary N) is 1. The molecule has 1 fully saturated rings. The van der Waals surface area contributed by atoms with Crippen molar-refractivity contribution < 1.29 is 0 Å². The van der Waals surface area contributed by atoms with E-state index in [9.17, 15) is 0 Å². The minimum Gasteiger partial charge on any atom is -0.352 e. The Hall–Kier alpha value is -3.96. The molecule has 34 heavy (non-hydrogen) atoms. The van der Waals surface area contributed by atoms with Gasteiger partial charge in [-0.1, -0.05) is 66.7 Å². The molecule has 6 rings (SSSR count). The van der Waals surface area contributed by atoms with Crippen LogP contribution in [0.25, 0.3) is 16.5 Å². The van der Waals surface area contributed by atoms with Gasteiger partial charge < -0.3 is 14.8 Å². The normalized spacial score (nSPS) is 17.8. The summed E-state index contributed by atoms with van der Waals surface area (Å²) in [5.41, 5.74) is 4.52. The zero-order chi connectivity index (χ0) is 22.9. The first kappa shape index (κ1) is 20.6. The fourth-order valence-corrected chi connectivity index (χ4v) is 5.18. The molecule has 5 aromatic rings. The number of nitrogens with zero attached hydrogens (tertiary/aromatic N) is 3. The average molecular weight is 461 g/mol. The van der Waals surface area contributed by atoms with Gasteiger partial charge in [-0.25, -0.2) is 0 Å². The molecule has 0 amide bonds. The second-order valence-corrected chi connectivity index (χ2v) is 8.96. The van der Waals surface area contributed by atoms with Gasteiger partial charge in [0.1, 0.15) is 0 Å². The van der Waals surface area contributed by atoms with E-state index >= 15 is 0 Å². The fourth-order valence-electron chi connectivity index (χ4n) is 4.87. The van der Waals surface area contributed by atoms with Gasteiger partial charge in [0.2, 0.25) is 0 Å². The van der Waals surface area contributed by atoms with Crippen molar-refractivity contribution in [1.82, 2.24) is 19.8 Å². The molecule has 0 aliphatic carbocycles. The Kier molecular flexibility index (Phi) is 5.32. The van der Waals surface area contributed by atoms with Gasteiger partial charge in [0, 0.05) is 30.3 Å². The quantitative estimate of drug-likeness (QED) is 0.317. The van der Waals surface area contributed by atoms with Crippen molar-refractivity contribution in [1.29, 1.82) is 0 Å². The van der Waals surface area contributed by atoms with Crippen molar-refractivity contribution in [3.05, 3.63) is 132 Å². The summed E-state index contributed by atoms with van der Waals surface area (Å²) in [6, 6.07) is 35.9. The largest absolute Gasteiger partial charge is 0.352 e. The first-order valence-electron chi connectivity index (χ1n) is 11.5. The zero-order valence-electron chi connectivity index (χ0n) is 18.6. The van der Waals surface area contributed by atoms with Crippen LogP contribution in [0.15, 0.2) is 116 Å². The van der Waals surface area contributed by atoms with Gasteiger partial charge in [-0.05, 0) is 65.0 Å². The first-order valence-corrected chi connectivity index (χ1v) is 11.9. The van der Waals surface area contributed by atoms with Crippen LogP contribution in [0.2, 0.25) is 0 Å². The Balaban J connectivity index is 1.46. The topological polar surface area (TPSA) is 33.1 Å². The summed E-state index contributed by atoms with van der Waals surface area (Å²) in [4.78, 5) is 6.97. The van der Waals surface area contributed by atoms with E-state index in [1.165, 1.54) is 22.0 Å². The fraction of sp³-hybridized carbons (Fsp3) is 0.103. The molecule has 3 heterocycles. The Labute approximate surface area is 204 Å². The van der Waals surface area contributed by atoms with Crippen molar-refractivity contribution >= 4 is 28.1 Å². The number of hydrogen-bond donors (Lipinski definition) is 1. The lowest BCUT2D eigenvalue weighted by Gasteiger charge is -2.29. The van der Waals surface area contributed by atoms with E-state index in [4.69, 9.17) is 12.2 Å². The Morgan fingerprint density at radius 1 is 0.794 bits per heavy atom. The molecule has 0 saturated carbocycles. The van der Waals surface area contributed by atoms with E-state index in [0.29, 0.717) is 0 Å². The summed E-state index contributed by atoms with van der Waals surface area (Å²) in [7, 11) is 0. The van der Waals surface area contributed by atoms with E-state index in [0.717, 1.165) is 23.0 Å². The van der Waals surface area contributed by atoms with E-state index < -0.39 is 0 Å². The third-order valence-electron chi connectivity index (χ3n) is 6.49. The minimum atomic E-state index is -0.0495. The highest BCUT2D eigenvalue weighted by Crippen LogP contribution is 2.40. The molecule has 2 aromatic heterocycles. The summed E-state index contributed by atoms with van der Waals surface area (Å²) in [6.45, 7) is 0.726. The Bertz CT molecular complexity index is 1450. The molecule has 3 aromatic carbocycles. The summed E-state index contributed by atoms with van der Waals surface area (Å²) in [5, 5.41) is 6.78. The zero-order valence-corrected chi connectivity index (χ0v) is 19.4. The maximum Gasteiger partial charge on any atom is 0.170 e. The van der Waals surface area contributed by atoms with Gasteiger partial charge in [0.15, 0.2) is 5.11 Å². The van der Waals surface area contributed by atoms with E-state index in [1.807, 2.05) is 24.4 Å². The standard InChI is InChI=1S/C29H24N4S/c34-29-31-27(25-13-6-7-17-30-25)28(33(29)20-21-9-2-1-3-10-21)26-14-8-18-32(26)24-16-15-22-11-4-5-12-23(22)19-24/h1-19,27-28H,20H2,(H,31,34)/t27-,28-/m0/s1. The second kappa shape index (κ2) is 8.76. The van der Waals surface area contributed by atoms with Crippen LogP contribution in [0.1, 0.15) is 29.0 Å². The molecule has 1 aliphatic rings. The third kappa shape index (κ3) is 3.74. The predicted molar refractivity (Wildman–Crippen MR) is 141 cm³/mol. The lowest BCUT2D eigenvalue weighted by atomic mass is 10.0. The molecule has 0 radical (unpaired) electrons. The van der Waals surface area contributed by atoms with Crippen LogP contribution in [0.4, 0.5) is 0 Å². The maximum absolute atomic E-state index is 5.87. The average Bonchev–Trinajstić information content (AvgIpc) is 3.49. The highest BCUT2D eigenvalue weighted by molar-refractivity contribution is 7.80. The first-order chi connectivity index (χ1) is 16.8. The number of aromatic nitrogens is 2. The van der Waals surface area contributed by atoms with Gasteiger partial charge in [-0.3, -0.25) is 4.98 Å². The second-order valence-electron chi connectivity index (χ2n) is 8.57. The number of thiocarbonyl (C=S) groups is 1. The molecule has 1 saturated heterocycles. The highest BCUT2D eigenvalue weighted by Gasteiger charge is 2.41. The lowest BCUT2D eigenvalue weighted by Crippen LogP contribution is -2.30. The monoisotopic (exact) mass is 460 g/mol. The summed E-state index contributed by atoms with van der Waals surface area (Å²) >= 11 is 5.87. The van der Waals surface area contributed by atoms with Gasteiger partial charge in [-0.2, -0.15) is 0 Å². The number of pyridine rings is 1. The molecule has 4 nitrogen and oxygen atoms in total. The van der Waals surface area contributed by atoms with Gasteiger partial charge in [0.05, 0.1) is 17.8 Å². The van der Waals surface area contributed by atoms with Crippen LogP contribution in [-0.2, 0) is 6.54 Å². The molecule has 5 heteroatoms. The molecule has 2 atom stereocenters. The van der Waals surface area contributed by atoms with Crippen molar-refractivity contribution in [3.63, 3.8) is 0 Å². The molecule has 0 spiro atoms. The van der Waals surface area contributed by atoms with E-state index in [1.54, 1.807) is 0 Å². The Morgan fingerprint density at radius 3 is 2.41 bits per heavy atom. The van der Waals surface area contributed by atoms with Crippen molar-refractivity contribution in [2.75, 3.05) is 0 Å². The van der Waals surface area contributed by atoms with Crippen LogP contribution in [-0.4, -0.2) is 19.6 Å². The molecule has 1 aliphatic heterocycles. The van der Waals surface area contributed by atoms with Crippen LogP contribution in [0.3, 0.4) is 0 Å². The van der Waals surface area contributed by atoms with E-state index in [-0.39, 0.29) is 12.1 Å². The van der Waals surface area contributed by atoms with Crippen molar-refractivity contribution in [2.24, 2.45) is 0 Å². The van der Waals surface area contributed by atoms with Crippen LogP contribution in [0, 0.1) is 0 Å². The number of benzene rings is 3. The third-order valence-corrected chi connectivity index (χ3v) is 6.84. The van der Waals surface area contributed by atoms with Crippen molar-refractivity contribution in [3.8, 4) is 5.69 Å². The molecule has 0 unspecified atom stereocenters. The maximum atomic E-state index is 5.87. The molecular formula is C29H24N4S. The predicted octanol–water partition coefficient (Wildman–Crippen LogP) is 6.20. The number of rotatable bonds is 5. The van der Waals surface area contributed by atoms with Crippen LogP contribution >= 0.6 is 12.2 Å². The molecule has 1 N–H and O–H groups in total. The molecule has 0 bridgehead atoms. The highest BCUT2D eigenvalue weighted by atomic mass is 32.1. The van der Waals surface area contributed by atoms with Gasteiger partial charge >= 0.3 is 0 Å². The van der Waals surface area contributed by atoms with Crippen molar-refractivity contribution in [2.45, 2.75) is 18.6 Å². The molecular weight excluding hydrogens is 436 g/mol. The molecule has 166 valence electrons. The summed E-state index contributed by atoms with van der Waals surface area (Å²) in [6.07, 6.45) is 3.98. The lowest BCUT2D eigenvalue weighted by molar-refractivity contribution is 0.302. The summed E-state index contributed by atoms with van der Waals surface area (Å²) in [5.74, 6) is 0. The van der Waals surface area contributed by atoms with Crippen LogP contribution in [0.5, 0.6) is 0 Å². The smallest absolute Gasteiger partial charge is 0.170 e. The number of fused-ring (bicyclic) bond motifs is 1. The van der Waals surface area contributed by atoms with E-state index in [2.05, 4.69) is 111 Å². The summed E-state index contributed by atoms with van der Waals surface area (Å²) < 4.78 is 2.28. The number of hydrogen-bond acceptors (Lipinski definition) is 2. The van der Waals surface area contributed by atoms with Gasteiger partial charge in [-0.15, -0.1) is 0 Å². The Morgan fingerprint density at radius 2 is 1.59 bits per heavy atom. The SMILES string of the molecule is S=C1N[C@@H](c2ccccn2)[C@H](c2cccn2-c2ccc3ccccc3c2)N1Cc1ccccc1.